The predicted octanol–water partition coefficient (Wildman–Crippen LogP) is 0.633. The van der Waals surface area contributed by atoms with Crippen molar-refractivity contribution in [3.8, 4) is 0 Å². The minimum absolute atomic E-state index is 0.545. The van der Waals surface area contributed by atoms with Crippen LogP contribution < -0.4 is 10.6 Å². The molecule has 0 aromatic rings. The second-order valence-corrected chi connectivity index (χ2v) is 4.39. The maximum absolute atomic E-state index is 3.80. The van der Waals surface area contributed by atoms with E-state index in [1.165, 1.54) is 38.6 Å². The number of fused-ring (bicyclic) bond motifs is 2. The van der Waals surface area contributed by atoms with Crippen LogP contribution in [0.5, 0.6) is 0 Å². The largest absolute Gasteiger partial charge is 0.309 e. The Morgan fingerprint density at radius 2 is 2.09 bits per heavy atom. The third-order valence-electron chi connectivity index (χ3n) is 3.68. The maximum atomic E-state index is 3.80. The summed E-state index contributed by atoms with van der Waals surface area (Å²) in [6, 6.07) is 1.69. The lowest BCUT2D eigenvalue weighted by Gasteiger charge is -2.34. The van der Waals surface area contributed by atoms with Crippen LogP contribution in [0.3, 0.4) is 0 Å². The molecule has 0 spiro atoms. The number of hydrogen-bond donors (Lipinski definition) is 2. The van der Waals surface area contributed by atoms with Gasteiger partial charge < -0.3 is 10.6 Å². The molecule has 3 unspecified atom stereocenters. The van der Waals surface area contributed by atoms with Crippen molar-refractivity contribution >= 4 is 0 Å². The third kappa shape index (κ3) is 0.859. The van der Waals surface area contributed by atoms with Gasteiger partial charge in [0, 0.05) is 24.2 Å². The molecule has 2 heteroatoms. The van der Waals surface area contributed by atoms with E-state index in [9.17, 15) is 0 Å². The SMILES string of the molecule is C1CC2CCC(C3CN3)(C1)N2. The van der Waals surface area contributed by atoms with Crippen LogP contribution in [0, 0.1) is 0 Å². The lowest BCUT2D eigenvalue weighted by molar-refractivity contribution is 0.270. The zero-order valence-corrected chi connectivity index (χ0v) is 6.90. The molecule has 0 aromatic carbocycles. The van der Waals surface area contributed by atoms with Crippen LogP contribution >= 0.6 is 0 Å². The van der Waals surface area contributed by atoms with Crippen molar-refractivity contribution in [2.45, 2.75) is 49.7 Å². The number of piperidine rings is 1. The maximum Gasteiger partial charge on any atom is 0.0376 e. The van der Waals surface area contributed by atoms with E-state index in [4.69, 9.17) is 0 Å². The monoisotopic (exact) mass is 152 g/mol. The van der Waals surface area contributed by atoms with Gasteiger partial charge in [0.2, 0.25) is 0 Å². The van der Waals surface area contributed by atoms with Crippen molar-refractivity contribution in [1.82, 2.24) is 10.6 Å². The summed E-state index contributed by atoms with van der Waals surface area (Å²) in [5.41, 5.74) is 0.545. The lowest BCUT2D eigenvalue weighted by Crippen LogP contribution is -2.51. The Balaban J connectivity index is 1.84. The topological polar surface area (TPSA) is 34.0 Å². The van der Waals surface area contributed by atoms with Crippen molar-refractivity contribution in [3.63, 3.8) is 0 Å². The molecule has 11 heavy (non-hydrogen) atoms. The van der Waals surface area contributed by atoms with E-state index in [-0.39, 0.29) is 0 Å². The average molecular weight is 152 g/mol. The van der Waals surface area contributed by atoms with Crippen molar-refractivity contribution in [3.05, 3.63) is 0 Å². The first-order valence-electron chi connectivity index (χ1n) is 4.90. The smallest absolute Gasteiger partial charge is 0.0376 e. The summed E-state index contributed by atoms with van der Waals surface area (Å²) in [5, 5.41) is 7.26. The van der Waals surface area contributed by atoms with Gasteiger partial charge in [-0.3, -0.25) is 0 Å². The first kappa shape index (κ1) is 6.44. The van der Waals surface area contributed by atoms with E-state index in [0.717, 1.165) is 12.1 Å². The standard InChI is InChI=1S/C9H16N2/c1-2-7-3-5-9(4-1,11-7)8-6-10-8/h7-8,10-11H,1-6H2. The van der Waals surface area contributed by atoms with Gasteiger partial charge in [-0.15, -0.1) is 0 Å². The molecule has 3 rings (SSSR count). The summed E-state index contributed by atoms with van der Waals surface area (Å²) >= 11 is 0. The van der Waals surface area contributed by atoms with Gasteiger partial charge in [-0.05, 0) is 25.7 Å². The summed E-state index contributed by atoms with van der Waals surface area (Å²) < 4.78 is 0. The normalized spacial score (nSPS) is 54.5. The second kappa shape index (κ2) is 1.99. The zero-order valence-electron chi connectivity index (χ0n) is 6.90. The van der Waals surface area contributed by atoms with E-state index in [1.54, 1.807) is 0 Å². The van der Waals surface area contributed by atoms with E-state index < -0.39 is 0 Å². The van der Waals surface area contributed by atoms with Crippen molar-refractivity contribution in [2.24, 2.45) is 0 Å². The number of nitrogens with one attached hydrogen (secondary N) is 2. The molecule has 3 aliphatic rings. The molecule has 3 aliphatic heterocycles. The van der Waals surface area contributed by atoms with E-state index in [1.807, 2.05) is 0 Å². The Morgan fingerprint density at radius 1 is 1.18 bits per heavy atom. The average Bonchev–Trinajstić information content (AvgIpc) is 2.81. The highest BCUT2D eigenvalue weighted by Gasteiger charge is 2.50. The summed E-state index contributed by atoms with van der Waals surface area (Å²) in [4.78, 5) is 0. The highest BCUT2D eigenvalue weighted by Crippen LogP contribution is 2.40. The predicted molar refractivity (Wildman–Crippen MR) is 44.5 cm³/mol. The Kier molecular flexibility index (Phi) is 1.16. The lowest BCUT2D eigenvalue weighted by atomic mass is 9.87. The fourth-order valence-electron chi connectivity index (χ4n) is 2.96. The van der Waals surface area contributed by atoms with Crippen LogP contribution in [0.2, 0.25) is 0 Å². The molecule has 0 amide bonds. The third-order valence-corrected chi connectivity index (χ3v) is 3.68. The van der Waals surface area contributed by atoms with Gasteiger partial charge in [-0.2, -0.15) is 0 Å². The molecule has 0 saturated carbocycles. The Hall–Kier alpha value is -0.0800. The summed E-state index contributed by atoms with van der Waals surface area (Å²) in [7, 11) is 0. The van der Waals surface area contributed by atoms with E-state index in [2.05, 4.69) is 10.6 Å². The molecule has 2 bridgehead atoms. The first-order valence-corrected chi connectivity index (χ1v) is 4.90. The quantitative estimate of drug-likeness (QED) is 0.540. The number of hydrogen-bond acceptors (Lipinski definition) is 2. The van der Waals surface area contributed by atoms with Gasteiger partial charge in [0.25, 0.3) is 0 Å². The molecule has 0 aliphatic carbocycles. The molecule has 3 heterocycles. The van der Waals surface area contributed by atoms with Crippen LogP contribution in [0.4, 0.5) is 0 Å². The molecule has 3 atom stereocenters. The molecule has 0 radical (unpaired) electrons. The van der Waals surface area contributed by atoms with Gasteiger partial charge in [0.15, 0.2) is 0 Å². The Morgan fingerprint density at radius 3 is 2.91 bits per heavy atom. The fraction of sp³-hybridized carbons (Fsp3) is 1.00. The summed E-state index contributed by atoms with van der Waals surface area (Å²) in [5.74, 6) is 0. The molecule has 62 valence electrons. The van der Waals surface area contributed by atoms with Gasteiger partial charge in [0.05, 0.1) is 0 Å². The van der Waals surface area contributed by atoms with Crippen LogP contribution in [0.15, 0.2) is 0 Å². The first-order chi connectivity index (χ1) is 5.39. The molecule has 3 fully saturated rings. The van der Waals surface area contributed by atoms with E-state index in [0.29, 0.717) is 5.54 Å². The molecule has 3 saturated heterocycles. The minimum Gasteiger partial charge on any atom is -0.309 e. The van der Waals surface area contributed by atoms with Gasteiger partial charge >= 0.3 is 0 Å². The Labute approximate surface area is 67.7 Å². The van der Waals surface area contributed by atoms with Crippen LogP contribution in [-0.4, -0.2) is 24.2 Å². The Bertz CT molecular complexity index is 172. The van der Waals surface area contributed by atoms with Crippen LogP contribution in [0.25, 0.3) is 0 Å². The van der Waals surface area contributed by atoms with Gasteiger partial charge in [0.1, 0.15) is 0 Å². The minimum atomic E-state index is 0.545. The fourth-order valence-corrected chi connectivity index (χ4v) is 2.96. The van der Waals surface area contributed by atoms with Crippen molar-refractivity contribution in [2.75, 3.05) is 6.54 Å². The molecule has 2 N–H and O–H groups in total. The van der Waals surface area contributed by atoms with Gasteiger partial charge in [-0.25, -0.2) is 0 Å². The highest BCUT2D eigenvalue weighted by atomic mass is 15.2. The van der Waals surface area contributed by atoms with Crippen LogP contribution in [-0.2, 0) is 0 Å². The van der Waals surface area contributed by atoms with Crippen molar-refractivity contribution < 1.29 is 0 Å². The van der Waals surface area contributed by atoms with Gasteiger partial charge in [-0.1, -0.05) is 6.42 Å². The van der Waals surface area contributed by atoms with E-state index >= 15 is 0 Å². The highest BCUT2D eigenvalue weighted by molar-refractivity contribution is 5.13. The summed E-state index contributed by atoms with van der Waals surface area (Å²) in [6.45, 7) is 1.26. The zero-order chi connectivity index (χ0) is 7.31. The molecular formula is C9H16N2. The van der Waals surface area contributed by atoms with Crippen molar-refractivity contribution in [1.29, 1.82) is 0 Å². The van der Waals surface area contributed by atoms with Crippen LogP contribution in [0.1, 0.15) is 32.1 Å². The molecule has 0 aromatic heterocycles. The molecular weight excluding hydrogens is 136 g/mol. The number of rotatable bonds is 1. The second-order valence-electron chi connectivity index (χ2n) is 4.39. The molecule has 2 nitrogen and oxygen atoms in total. The summed E-state index contributed by atoms with van der Waals surface area (Å²) in [6.07, 6.45) is 7.15.